The van der Waals surface area contributed by atoms with Crippen LogP contribution in [0.25, 0.3) is 0 Å². The van der Waals surface area contributed by atoms with Crippen molar-refractivity contribution < 1.29 is 19.1 Å². The van der Waals surface area contributed by atoms with Crippen LogP contribution in [0, 0.1) is 5.41 Å². The number of ether oxygens (including phenoxy) is 2. The van der Waals surface area contributed by atoms with E-state index in [9.17, 15) is 9.59 Å². The second kappa shape index (κ2) is 14.8. The predicted molar refractivity (Wildman–Crippen MR) is 147 cm³/mol. The number of rotatable bonds is 15. The maximum absolute atomic E-state index is 13.0. The molecule has 4 nitrogen and oxygen atoms in total. The first kappa shape index (κ1) is 29.6. The van der Waals surface area contributed by atoms with Gasteiger partial charge in [0.15, 0.2) is 0 Å². The van der Waals surface area contributed by atoms with Gasteiger partial charge >= 0.3 is 11.9 Å². The number of aryl methyl sites for hydroxylation is 2. The van der Waals surface area contributed by atoms with Crippen LogP contribution in [0.4, 0.5) is 0 Å². The second-order valence-corrected chi connectivity index (χ2v) is 10.4. The Morgan fingerprint density at radius 1 is 0.667 bits per heavy atom. The van der Waals surface area contributed by atoms with Crippen LogP contribution in [0.1, 0.15) is 118 Å². The van der Waals surface area contributed by atoms with Gasteiger partial charge in [0.2, 0.25) is 0 Å². The number of hydrogen-bond donors (Lipinski definition) is 0. The standard InChI is InChI=1S/C32H46O4/c1-7-11-14-24-16-20-26(21-17-24)30(33)35-28(10-4)32(5,6)29(13-9-3)36-31(34)27-22-18-25(19-23-27)15-12-8-2/h16-23,28-29H,7-15H2,1-6H3. The molecular weight excluding hydrogens is 448 g/mol. The molecule has 0 aliphatic heterocycles. The lowest BCUT2D eigenvalue weighted by atomic mass is 9.77. The van der Waals surface area contributed by atoms with Gasteiger partial charge in [-0.1, -0.05) is 85.1 Å². The quantitative estimate of drug-likeness (QED) is 0.233. The zero-order valence-electron chi connectivity index (χ0n) is 23.3. The van der Waals surface area contributed by atoms with Crippen LogP contribution >= 0.6 is 0 Å². The second-order valence-electron chi connectivity index (χ2n) is 10.4. The molecule has 0 aliphatic rings. The summed E-state index contributed by atoms with van der Waals surface area (Å²) < 4.78 is 12.1. The smallest absolute Gasteiger partial charge is 0.338 e. The summed E-state index contributed by atoms with van der Waals surface area (Å²) in [6.45, 7) is 12.5. The molecule has 0 saturated carbocycles. The Bertz CT molecular complexity index is 928. The summed E-state index contributed by atoms with van der Waals surface area (Å²) in [7, 11) is 0. The first-order chi connectivity index (χ1) is 17.3. The number of esters is 2. The third-order valence-electron chi connectivity index (χ3n) is 7.10. The van der Waals surface area contributed by atoms with Crippen molar-refractivity contribution in [2.45, 2.75) is 112 Å². The molecule has 0 aliphatic carbocycles. The first-order valence-corrected chi connectivity index (χ1v) is 13.9. The minimum absolute atomic E-state index is 0.326. The molecule has 198 valence electrons. The van der Waals surface area contributed by atoms with E-state index in [0.717, 1.165) is 44.9 Å². The van der Waals surface area contributed by atoms with Crippen LogP contribution < -0.4 is 0 Å². The fourth-order valence-electron chi connectivity index (χ4n) is 4.58. The lowest BCUT2D eigenvalue weighted by molar-refractivity contribution is -0.0756. The Hall–Kier alpha value is -2.62. The van der Waals surface area contributed by atoms with Gasteiger partial charge in [0.25, 0.3) is 0 Å². The highest BCUT2D eigenvalue weighted by Crippen LogP contribution is 2.35. The largest absolute Gasteiger partial charge is 0.458 e. The summed E-state index contributed by atoms with van der Waals surface area (Å²) in [4.78, 5) is 26.0. The number of hydrogen-bond acceptors (Lipinski definition) is 4. The van der Waals surface area contributed by atoms with Gasteiger partial charge in [-0.3, -0.25) is 0 Å². The Balaban J connectivity index is 2.10. The van der Waals surface area contributed by atoms with E-state index in [-0.39, 0.29) is 24.1 Å². The van der Waals surface area contributed by atoms with Crippen molar-refractivity contribution in [3.05, 3.63) is 70.8 Å². The van der Waals surface area contributed by atoms with E-state index in [1.165, 1.54) is 11.1 Å². The summed E-state index contributed by atoms with van der Waals surface area (Å²) >= 11 is 0. The Kier molecular flexibility index (Phi) is 12.2. The van der Waals surface area contributed by atoms with Gasteiger partial charge < -0.3 is 9.47 Å². The maximum atomic E-state index is 13.0. The lowest BCUT2D eigenvalue weighted by Gasteiger charge is -2.39. The SMILES string of the molecule is CCCCc1ccc(C(=O)OC(CC)C(C)(C)C(CCC)OC(=O)c2ccc(CCCC)cc2)cc1. The lowest BCUT2D eigenvalue weighted by Crippen LogP contribution is -2.45. The summed E-state index contributed by atoms with van der Waals surface area (Å²) in [6.07, 6.45) is 8.04. The van der Waals surface area contributed by atoms with Crippen LogP contribution in [-0.2, 0) is 22.3 Å². The van der Waals surface area contributed by atoms with Crippen molar-refractivity contribution >= 4 is 11.9 Å². The third kappa shape index (κ3) is 8.50. The van der Waals surface area contributed by atoms with Gasteiger partial charge in [-0.2, -0.15) is 0 Å². The van der Waals surface area contributed by atoms with Gasteiger partial charge in [0, 0.05) is 5.41 Å². The molecule has 0 amide bonds. The van der Waals surface area contributed by atoms with Crippen LogP contribution in [0.5, 0.6) is 0 Å². The van der Waals surface area contributed by atoms with Crippen molar-refractivity contribution in [3.63, 3.8) is 0 Å². The van der Waals surface area contributed by atoms with Crippen molar-refractivity contribution in [2.75, 3.05) is 0 Å². The van der Waals surface area contributed by atoms with Gasteiger partial charge in [-0.25, -0.2) is 9.59 Å². The molecule has 0 spiro atoms. The van der Waals surface area contributed by atoms with Gasteiger partial charge in [-0.05, 0) is 73.9 Å². The molecular formula is C32H46O4. The van der Waals surface area contributed by atoms with Crippen LogP contribution in [0.15, 0.2) is 48.5 Å². The molecule has 0 N–H and O–H groups in total. The molecule has 0 aromatic heterocycles. The van der Waals surface area contributed by atoms with Crippen LogP contribution in [0.2, 0.25) is 0 Å². The van der Waals surface area contributed by atoms with E-state index < -0.39 is 5.41 Å². The summed E-state index contributed by atoms with van der Waals surface area (Å²) in [5, 5.41) is 0. The molecule has 4 heteroatoms. The van der Waals surface area contributed by atoms with E-state index in [1.807, 2.05) is 69.3 Å². The number of benzene rings is 2. The zero-order chi connectivity index (χ0) is 26.6. The molecule has 2 rings (SSSR count). The van der Waals surface area contributed by atoms with E-state index in [1.54, 1.807) is 0 Å². The molecule has 36 heavy (non-hydrogen) atoms. The summed E-state index contributed by atoms with van der Waals surface area (Å²) in [5.74, 6) is -0.659. The topological polar surface area (TPSA) is 52.6 Å². The highest BCUT2D eigenvalue weighted by molar-refractivity contribution is 5.90. The number of carbonyl (C=O) groups is 2. The van der Waals surface area contributed by atoms with Gasteiger partial charge in [0.05, 0.1) is 11.1 Å². The van der Waals surface area contributed by atoms with E-state index >= 15 is 0 Å². The van der Waals surface area contributed by atoms with Crippen molar-refractivity contribution in [2.24, 2.45) is 5.41 Å². The molecule has 0 fully saturated rings. The average Bonchev–Trinajstić information content (AvgIpc) is 2.89. The minimum Gasteiger partial charge on any atom is -0.458 e. The Morgan fingerprint density at radius 3 is 1.44 bits per heavy atom. The van der Waals surface area contributed by atoms with E-state index in [4.69, 9.17) is 9.47 Å². The third-order valence-corrected chi connectivity index (χ3v) is 7.10. The Morgan fingerprint density at radius 2 is 1.08 bits per heavy atom. The Labute approximate surface area is 218 Å². The highest BCUT2D eigenvalue weighted by Gasteiger charge is 2.41. The molecule has 0 saturated heterocycles. The van der Waals surface area contributed by atoms with Crippen molar-refractivity contribution in [1.29, 1.82) is 0 Å². The van der Waals surface area contributed by atoms with E-state index in [2.05, 4.69) is 20.8 Å². The van der Waals surface area contributed by atoms with Crippen molar-refractivity contribution in [3.8, 4) is 0 Å². The molecule has 0 bridgehead atoms. The average molecular weight is 495 g/mol. The molecule has 2 unspecified atom stereocenters. The number of unbranched alkanes of at least 4 members (excludes halogenated alkanes) is 2. The molecule has 2 aromatic carbocycles. The predicted octanol–water partition coefficient (Wildman–Crippen LogP) is 8.36. The van der Waals surface area contributed by atoms with Gasteiger partial charge in [0.1, 0.15) is 12.2 Å². The number of carbonyl (C=O) groups excluding carboxylic acids is 2. The van der Waals surface area contributed by atoms with Crippen LogP contribution in [-0.4, -0.2) is 24.1 Å². The highest BCUT2D eigenvalue weighted by atomic mass is 16.6. The monoisotopic (exact) mass is 494 g/mol. The van der Waals surface area contributed by atoms with E-state index in [0.29, 0.717) is 24.0 Å². The summed E-state index contributed by atoms with van der Waals surface area (Å²) in [6, 6.07) is 15.4. The maximum Gasteiger partial charge on any atom is 0.338 e. The molecule has 2 aromatic rings. The molecule has 2 atom stereocenters. The van der Waals surface area contributed by atoms with Crippen molar-refractivity contribution in [1.82, 2.24) is 0 Å². The first-order valence-electron chi connectivity index (χ1n) is 13.9. The summed E-state index contributed by atoms with van der Waals surface area (Å²) in [5.41, 5.74) is 3.03. The normalized spacial score (nSPS) is 13.2. The van der Waals surface area contributed by atoms with Crippen LogP contribution in [0.3, 0.4) is 0 Å². The van der Waals surface area contributed by atoms with Gasteiger partial charge in [-0.15, -0.1) is 0 Å². The zero-order valence-corrected chi connectivity index (χ0v) is 23.3. The molecule has 0 heterocycles. The molecule has 0 radical (unpaired) electrons. The minimum atomic E-state index is -0.543. The fraction of sp³-hybridized carbons (Fsp3) is 0.562. The fourth-order valence-corrected chi connectivity index (χ4v) is 4.58.